The van der Waals surface area contributed by atoms with E-state index in [1.54, 1.807) is 32.4 Å². The Kier molecular flexibility index (Phi) is 4.04. The molecule has 0 unspecified atom stereocenters. The summed E-state index contributed by atoms with van der Waals surface area (Å²) in [7, 11) is 3.12. The lowest BCUT2D eigenvalue weighted by atomic mass is 10.1. The number of ether oxygens (including phenoxy) is 2. The maximum atomic E-state index is 9.59. The Morgan fingerprint density at radius 3 is 2.57 bits per heavy atom. The molecule has 4 heteroatoms. The molecule has 78 valence electrons. The fourth-order valence-corrected chi connectivity index (χ4v) is 1.35. The van der Waals surface area contributed by atoms with Gasteiger partial charge in [0.1, 0.15) is 11.5 Å². The lowest BCUT2D eigenvalue weighted by Gasteiger charge is -2.13. The van der Waals surface area contributed by atoms with Crippen molar-refractivity contribution in [2.75, 3.05) is 20.1 Å². The van der Waals surface area contributed by atoms with Crippen molar-refractivity contribution >= 4 is 11.6 Å². The summed E-state index contributed by atoms with van der Waals surface area (Å²) in [5.41, 5.74) is 0.641. The summed E-state index contributed by atoms with van der Waals surface area (Å²) < 4.78 is 10.1. The number of aliphatic hydroxyl groups is 1. The van der Waals surface area contributed by atoms with Gasteiger partial charge >= 0.3 is 0 Å². The van der Waals surface area contributed by atoms with Crippen LogP contribution in [-0.4, -0.2) is 25.2 Å². The van der Waals surface area contributed by atoms with Gasteiger partial charge in [-0.1, -0.05) is 0 Å². The Morgan fingerprint density at radius 2 is 2.07 bits per heavy atom. The molecule has 0 amide bonds. The molecule has 1 N–H and O–H groups in total. The number of methoxy groups -OCH3 is 2. The molecule has 0 aromatic heterocycles. The summed E-state index contributed by atoms with van der Waals surface area (Å²) in [6.07, 6.45) is -0.735. The van der Waals surface area contributed by atoms with Gasteiger partial charge < -0.3 is 14.6 Å². The monoisotopic (exact) mass is 216 g/mol. The Morgan fingerprint density at radius 1 is 1.36 bits per heavy atom. The van der Waals surface area contributed by atoms with Crippen LogP contribution in [-0.2, 0) is 0 Å². The third-order valence-corrected chi connectivity index (χ3v) is 2.23. The van der Waals surface area contributed by atoms with Gasteiger partial charge in [0.2, 0.25) is 0 Å². The van der Waals surface area contributed by atoms with Crippen LogP contribution in [0.3, 0.4) is 0 Å². The molecule has 1 rings (SSSR count). The second-order valence-electron chi connectivity index (χ2n) is 2.78. The molecule has 0 aliphatic rings. The minimum atomic E-state index is -0.735. The van der Waals surface area contributed by atoms with E-state index in [9.17, 15) is 5.11 Å². The van der Waals surface area contributed by atoms with Crippen LogP contribution in [0.15, 0.2) is 18.2 Å². The first kappa shape index (κ1) is 11.1. The predicted molar refractivity (Wildman–Crippen MR) is 55.2 cm³/mol. The fraction of sp³-hybridized carbons (Fsp3) is 0.400. The quantitative estimate of drug-likeness (QED) is 0.783. The smallest absolute Gasteiger partial charge is 0.124 e. The second kappa shape index (κ2) is 5.08. The predicted octanol–water partition coefficient (Wildman–Crippen LogP) is 1.98. The maximum absolute atomic E-state index is 9.59. The molecule has 1 aromatic rings. The van der Waals surface area contributed by atoms with Gasteiger partial charge in [0, 0.05) is 5.56 Å². The summed E-state index contributed by atoms with van der Waals surface area (Å²) in [6, 6.07) is 5.22. The van der Waals surface area contributed by atoms with Crippen LogP contribution in [0.5, 0.6) is 11.5 Å². The van der Waals surface area contributed by atoms with Crippen LogP contribution in [0.25, 0.3) is 0 Å². The number of alkyl halides is 1. The van der Waals surface area contributed by atoms with E-state index in [1.165, 1.54) is 0 Å². The molecule has 1 atom stereocenters. The molecule has 0 aliphatic carbocycles. The number of hydrogen-bond acceptors (Lipinski definition) is 3. The number of rotatable bonds is 4. The normalized spacial score (nSPS) is 12.3. The Labute approximate surface area is 88.2 Å². The van der Waals surface area contributed by atoms with Gasteiger partial charge in [-0.05, 0) is 18.2 Å². The van der Waals surface area contributed by atoms with E-state index < -0.39 is 6.10 Å². The van der Waals surface area contributed by atoms with E-state index >= 15 is 0 Å². The van der Waals surface area contributed by atoms with Crippen molar-refractivity contribution in [1.29, 1.82) is 0 Å². The molecule has 0 aliphatic heterocycles. The zero-order valence-electron chi connectivity index (χ0n) is 8.16. The molecule has 0 spiro atoms. The van der Waals surface area contributed by atoms with Crippen LogP contribution >= 0.6 is 11.6 Å². The molecule has 0 saturated heterocycles. The lowest BCUT2D eigenvalue weighted by Crippen LogP contribution is -2.02. The largest absolute Gasteiger partial charge is 0.497 e. The van der Waals surface area contributed by atoms with Gasteiger partial charge in [-0.15, -0.1) is 11.6 Å². The zero-order chi connectivity index (χ0) is 10.6. The summed E-state index contributed by atoms with van der Waals surface area (Å²) in [4.78, 5) is 0. The van der Waals surface area contributed by atoms with Crippen molar-refractivity contribution < 1.29 is 14.6 Å². The van der Waals surface area contributed by atoms with Gasteiger partial charge in [0.05, 0.1) is 26.2 Å². The number of hydrogen-bond donors (Lipinski definition) is 1. The zero-order valence-corrected chi connectivity index (χ0v) is 8.91. The average Bonchev–Trinajstić information content (AvgIpc) is 2.27. The second-order valence-corrected chi connectivity index (χ2v) is 3.09. The molecule has 0 fully saturated rings. The molecule has 0 saturated carbocycles. The van der Waals surface area contributed by atoms with Gasteiger partial charge in [0.25, 0.3) is 0 Å². The first-order valence-electron chi connectivity index (χ1n) is 4.19. The highest BCUT2D eigenvalue weighted by molar-refractivity contribution is 6.18. The summed E-state index contributed by atoms with van der Waals surface area (Å²) in [5, 5.41) is 9.59. The topological polar surface area (TPSA) is 38.7 Å². The number of halogens is 1. The highest BCUT2D eigenvalue weighted by Crippen LogP contribution is 2.29. The average molecular weight is 217 g/mol. The molecule has 3 nitrogen and oxygen atoms in total. The van der Waals surface area contributed by atoms with Gasteiger partial charge in [-0.2, -0.15) is 0 Å². The number of aliphatic hydroxyl groups excluding tert-OH is 1. The van der Waals surface area contributed by atoms with E-state index in [0.717, 1.165) is 0 Å². The van der Waals surface area contributed by atoms with Gasteiger partial charge in [0.15, 0.2) is 0 Å². The molecular weight excluding hydrogens is 204 g/mol. The van der Waals surface area contributed by atoms with Crippen LogP contribution in [0.1, 0.15) is 11.7 Å². The summed E-state index contributed by atoms with van der Waals surface area (Å²) in [5.74, 6) is 1.41. The Balaban J connectivity index is 3.08. The SMILES string of the molecule is COc1ccc(OC)c([C@H](O)CCl)c1. The number of benzene rings is 1. The van der Waals surface area contributed by atoms with Crippen molar-refractivity contribution in [2.24, 2.45) is 0 Å². The maximum Gasteiger partial charge on any atom is 0.124 e. The first-order valence-corrected chi connectivity index (χ1v) is 4.72. The molecule has 0 bridgehead atoms. The van der Waals surface area contributed by atoms with E-state index in [1.807, 2.05) is 0 Å². The van der Waals surface area contributed by atoms with E-state index in [4.69, 9.17) is 21.1 Å². The van der Waals surface area contributed by atoms with Crippen molar-refractivity contribution in [2.45, 2.75) is 6.10 Å². The first-order chi connectivity index (χ1) is 6.72. The van der Waals surface area contributed by atoms with E-state index in [0.29, 0.717) is 17.1 Å². The standard InChI is InChI=1S/C10H13ClO3/c1-13-7-3-4-10(14-2)8(5-7)9(12)6-11/h3-5,9,12H,6H2,1-2H3/t9-/m1/s1. The van der Waals surface area contributed by atoms with Gasteiger partial charge in [-0.25, -0.2) is 0 Å². The summed E-state index contributed by atoms with van der Waals surface area (Å²) >= 11 is 5.56. The van der Waals surface area contributed by atoms with E-state index in [2.05, 4.69) is 0 Å². The van der Waals surface area contributed by atoms with Crippen molar-refractivity contribution in [1.82, 2.24) is 0 Å². The summed E-state index contributed by atoms with van der Waals surface area (Å²) in [6.45, 7) is 0. The Bertz CT molecular complexity index is 301. The molecular formula is C10H13ClO3. The van der Waals surface area contributed by atoms with Crippen molar-refractivity contribution in [3.8, 4) is 11.5 Å². The lowest BCUT2D eigenvalue weighted by molar-refractivity contribution is 0.197. The highest BCUT2D eigenvalue weighted by atomic mass is 35.5. The molecule has 0 radical (unpaired) electrons. The van der Waals surface area contributed by atoms with Gasteiger partial charge in [-0.3, -0.25) is 0 Å². The van der Waals surface area contributed by atoms with Crippen molar-refractivity contribution in [3.63, 3.8) is 0 Å². The van der Waals surface area contributed by atoms with Crippen LogP contribution < -0.4 is 9.47 Å². The third-order valence-electron chi connectivity index (χ3n) is 1.94. The van der Waals surface area contributed by atoms with Crippen molar-refractivity contribution in [3.05, 3.63) is 23.8 Å². The minimum Gasteiger partial charge on any atom is -0.497 e. The van der Waals surface area contributed by atoms with E-state index in [-0.39, 0.29) is 5.88 Å². The third kappa shape index (κ3) is 2.30. The molecule has 14 heavy (non-hydrogen) atoms. The Hall–Kier alpha value is -0.930. The highest BCUT2D eigenvalue weighted by Gasteiger charge is 2.12. The fourth-order valence-electron chi connectivity index (χ4n) is 1.18. The molecule has 0 heterocycles. The van der Waals surface area contributed by atoms with Crippen LogP contribution in [0.4, 0.5) is 0 Å². The van der Waals surface area contributed by atoms with Crippen LogP contribution in [0.2, 0.25) is 0 Å². The van der Waals surface area contributed by atoms with Crippen LogP contribution in [0, 0.1) is 0 Å². The molecule has 1 aromatic carbocycles. The minimum absolute atomic E-state index is 0.128.